The molecule has 0 saturated heterocycles. The highest BCUT2D eigenvalue weighted by molar-refractivity contribution is 9.11. The Balaban J connectivity index is 1.94. The molecule has 0 N–H and O–H groups in total. The quantitative estimate of drug-likeness (QED) is 0.229. The third-order valence-electron chi connectivity index (χ3n) is 5.86. The number of hydrogen-bond acceptors (Lipinski definition) is 0. The van der Waals surface area contributed by atoms with Gasteiger partial charge in [-0.3, -0.25) is 0 Å². The van der Waals surface area contributed by atoms with Crippen molar-refractivity contribution in [3.63, 3.8) is 0 Å². The first-order valence-corrected chi connectivity index (χ1v) is 12.5. The molecule has 0 radical (unpaired) electrons. The second-order valence-electron chi connectivity index (χ2n) is 7.86. The van der Waals surface area contributed by atoms with Crippen molar-refractivity contribution in [3.05, 3.63) is 57.1 Å². The molecule has 0 nitrogen and oxygen atoms in total. The van der Waals surface area contributed by atoms with Crippen LogP contribution in [0.2, 0.25) is 0 Å². The van der Waals surface area contributed by atoms with E-state index in [9.17, 15) is 0 Å². The zero-order valence-corrected chi connectivity index (χ0v) is 20.0. The predicted molar refractivity (Wildman–Crippen MR) is 126 cm³/mol. The standard InChI is InChI=1S/C25H32Br2/c1-3-5-7-9-13-18-17-22-20-15-11-12-16-21(20)25(27)23(22)24(26)19(18)14-10-8-6-4-2/h11-12,15-17,25H,3-10,13-14H2,1-2H3. The van der Waals surface area contributed by atoms with E-state index in [4.69, 9.17) is 0 Å². The van der Waals surface area contributed by atoms with E-state index < -0.39 is 0 Å². The molecule has 2 aromatic rings. The van der Waals surface area contributed by atoms with Gasteiger partial charge in [-0.15, -0.1) is 0 Å². The van der Waals surface area contributed by atoms with Gasteiger partial charge in [-0.1, -0.05) is 115 Å². The Labute approximate surface area is 182 Å². The van der Waals surface area contributed by atoms with Crippen LogP contribution in [0.5, 0.6) is 0 Å². The Bertz CT molecular complexity index is 763. The van der Waals surface area contributed by atoms with E-state index in [1.807, 2.05) is 0 Å². The summed E-state index contributed by atoms with van der Waals surface area (Å²) in [7, 11) is 0. The van der Waals surface area contributed by atoms with Crippen molar-refractivity contribution in [1.82, 2.24) is 0 Å². The van der Waals surface area contributed by atoms with Crippen molar-refractivity contribution in [1.29, 1.82) is 0 Å². The molecule has 0 amide bonds. The summed E-state index contributed by atoms with van der Waals surface area (Å²) in [4.78, 5) is 0.307. The van der Waals surface area contributed by atoms with Gasteiger partial charge >= 0.3 is 0 Å². The zero-order valence-electron chi connectivity index (χ0n) is 16.8. The number of rotatable bonds is 10. The largest absolute Gasteiger partial charge is 0.0786 e. The Morgan fingerprint density at radius 3 is 2.19 bits per heavy atom. The van der Waals surface area contributed by atoms with E-state index >= 15 is 0 Å². The van der Waals surface area contributed by atoms with Gasteiger partial charge in [-0.25, -0.2) is 0 Å². The molecule has 0 fully saturated rings. The minimum absolute atomic E-state index is 0.307. The molecule has 146 valence electrons. The number of unbranched alkanes of at least 4 members (excludes halogenated alkanes) is 6. The Hall–Kier alpha value is -0.600. The maximum absolute atomic E-state index is 4.04. The van der Waals surface area contributed by atoms with Crippen LogP contribution in [-0.4, -0.2) is 0 Å². The average Bonchev–Trinajstić information content (AvgIpc) is 2.97. The van der Waals surface area contributed by atoms with Crippen molar-refractivity contribution in [2.75, 3.05) is 0 Å². The Kier molecular flexibility index (Phi) is 8.02. The van der Waals surface area contributed by atoms with Gasteiger partial charge < -0.3 is 0 Å². The molecular weight excluding hydrogens is 460 g/mol. The smallest absolute Gasteiger partial charge is 0.0667 e. The molecule has 1 atom stereocenters. The van der Waals surface area contributed by atoms with E-state index in [0.29, 0.717) is 4.83 Å². The van der Waals surface area contributed by atoms with Gasteiger partial charge in [0, 0.05) is 4.47 Å². The van der Waals surface area contributed by atoms with E-state index in [2.05, 4.69) is 76.0 Å². The number of benzene rings is 2. The van der Waals surface area contributed by atoms with Gasteiger partial charge in [-0.05, 0) is 59.1 Å². The van der Waals surface area contributed by atoms with Gasteiger partial charge in [0.1, 0.15) is 0 Å². The van der Waals surface area contributed by atoms with Crippen LogP contribution in [0, 0.1) is 0 Å². The first kappa shape index (κ1) is 21.1. The number of halogens is 2. The molecule has 0 saturated carbocycles. The highest BCUT2D eigenvalue weighted by Gasteiger charge is 2.30. The second-order valence-corrected chi connectivity index (χ2v) is 9.57. The molecule has 2 heteroatoms. The van der Waals surface area contributed by atoms with E-state index in [0.717, 1.165) is 0 Å². The summed E-state index contributed by atoms with van der Waals surface area (Å²) in [5.74, 6) is 0. The summed E-state index contributed by atoms with van der Waals surface area (Å²) in [6.07, 6.45) is 13.0. The zero-order chi connectivity index (χ0) is 19.2. The van der Waals surface area contributed by atoms with Gasteiger partial charge in [0.05, 0.1) is 4.83 Å². The van der Waals surface area contributed by atoms with Gasteiger partial charge in [0.15, 0.2) is 0 Å². The maximum atomic E-state index is 4.04. The number of aryl methyl sites for hydroxylation is 1. The summed E-state index contributed by atoms with van der Waals surface area (Å²) < 4.78 is 1.36. The van der Waals surface area contributed by atoms with Crippen LogP contribution in [0.4, 0.5) is 0 Å². The highest BCUT2D eigenvalue weighted by atomic mass is 79.9. The highest BCUT2D eigenvalue weighted by Crippen LogP contribution is 2.52. The van der Waals surface area contributed by atoms with Gasteiger partial charge in [0.25, 0.3) is 0 Å². The summed E-state index contributed by atoms with van der Waals surface area (Å²) in [5.41, 5.74) is 8.83. The molecule has 1 aliphatic rings. The monoisotopic (exact) mass is 490 g/mol. The number of fused-ring (bicyclic) bond motifs is 3. The van der Waals surface area contributed by atoms with Crippen molar-refractivity contribution in [2.24, 2.45) is 0 Å². The van der Waals surface area contributed by atoms with Crippen LogP contribution < -0.4 is 0 Å². The molecule has 3 rings (SSSR count). The van der Waals surface area contributed by atoms with Crippen LogP contribution in [0.15, 0.2) is 34.8 Å². The summed E-state index contributed by atoms with van der Waals surface area (Å²) in [5, 5.41) is 0. The van der Waals surface area contributed by atoms with Crippen molar-refractivity contribution in [2.45, 2.75) is 82.9 Å². The van der Waals surface area contributed by atoms with Crippen molar-refractivity contribution < 1.29 is 0 Å². The topological polar surface area (TPSA) is 0 Å². The lowest BCUT2D eigenvalue weighted by atomic mass is 9.91. The SMILES string of the molecule is CCCCCCc1cc2c(c(Br)c1CCCCCC)C(Br)c1ccccc1-2. The van der Waals surface area contributed by atoms with E-state index in [1.54, 1.807) is 11.1 Å². The molecule has 2 aromatic carbocycles. The lowest BCUT2D eigenvalue weighted by Crippen LogP contribution is -2.01. The van der Waals surface area contributed by atoms with Crippen LogP contribution >= 0.6 is 31.9 Å². The minimum atomic E-state index is 0.307. The molecule has 0 aromatic heterocycles. The van der Waals surface area contributed by atoms with Gasteiger partial charge in [-0.2, -0.15) is 0 Å². The summed E-state index contributed by atoms with van der Waals surface area (Å²) >= 11 is 8.03. The predicted octanol–water partition coefficient (Wildman–Crippen LogP) is 9.16. The van der Waals surface area contributed by atoms with E-state index in [-0.39, 0.29) is 0 Å². The molecule has 1 aliphatic carbocycles. The average molecular weight is 492 g/mol. The third kappa shape index (κ3) is 4.70. The fraction of sp³-hybridized carbons (Fsp3) is 0.520. The van der Waals surface area contributed by atoms with Crippen LogP contribution in [-0.2, 0) is 12.8 Å². The maximum Gasteiger partial charge on any atom is 0.0667 e. The summed E-state index contributed by atoms with van der Waals surface area (Å²) in [6.45, 7) is 4.58. The first-order chi connectivity index (χ1) is 13.2. The van der Waals surface area contributed by atoms with Crippen LogP contribution in [0.25, 0.3) is 11.1 Å². The van der Waals surface area contributed by atoms with Crippen LogP contribution in [0.3, 0.4) is 0 Å². The fourth-order valence-corrected chi connectivity index (χ4v) is 6.39. The van der Waals surface area contributed by atoms with Crippen molar-refractivity contribution in [3.8, 4) is 11.1 Å². The number of alkyl halides is 1. The molecule has 0 spiro atoms. The fourth-order valence-electron chi connectivity index (χ4n) is 4.31. The third-order valence-corrected chi connectivity index (χ3v) is 7.71. The lowest BCUT2D eigenvalue weighted by molar-refractivity contribution is 0.649. The van der Waals surface area contributed by atoms with Crippen molar-refractivity contribution >= 4 is 31.9 Å². The molecule has 1 unspecified atom stereocenters. The molecule has 27 heavy (non-hydrogen) atoms. The molecule has 0 bridgehead atoms. The Morgan fingerprint density at radius 2 is 1.48 bits per heavy atom. The van der Waals surface area contributed by atoms with E-state index in [1.165, 1.54) is 90.9 Å². The molecular formula is C25H32Br2. The molecule has 0 aliphatic heterocycles. The number of hydrogen-bond donors (Lipinski definition) is 0. The van der Waals surface area contributed by atoms with Gasteiger partial charge in [0.2, 0.25) is 0 Å². The van der Waals surface area contributed by atoms with Crippen LogP contribution in [0.1, 0.15) is 92.3 Å². The second kappa shape index (κ2) is 10.3. The minimum Gasteiger partial charge on any atom is -0.0786 e. The first-order valence-electron chi connectivity index (χ1n) is 10.8. The summed E-state index contributed by atoms with van der Waals surface area (Å²) in [6, 6.07) is 11.4. The lowest BCUT2D eigenvalue weighted by Gasteiger charge is -2.18. The molecule has 0 heterocycles. The Morgan fingerprint density at radius 1 is 0.815 bits per heavy atom. The normalized spacial score (nSPS) is 15.0.